The Labute approximate surface area is 120 Å². The summed E-state index contributed by atoms with van der Waals surface area (Å²) in [4.78, 5) is 27.8. The fourth-order valence-electron chi connectivity index (χ4n) is 2.07. The van der Waals surface area contributed by atoms with Crippen molar-refractivity contribution in [3.63, 3.8) is 0 Å². The Bertz CT molecular complexity index is 821. The molecule has 1 N–H and O–H groups in total. The number of pyridine rings is 1. The summed E-state index contributed by atoms with van der Waals surface area (Å²) in [5.41, 5.74) is 1.63. The van der Waals surface area contributed by atoms with Gasteiger partial charge >= 0.3 is 11.8 Å². The molecule has 2 heterocycles. The molecular formula is C15H13N3O3. The zero-order valence-electron chi connectivity index (χ0n) is 11.2. The number of amides is 1. The van der Waals surface area contributed by atoms with Crippen LogP contribution in [0.1, 0.15) is 5.56 Å². The molecule has 6 nitrogen and oxygen atoms in total. The molecule has 6 heteroatoms. The number of hydrogen-bond acceptors (Lipinski definition) is 4. The van der Waals surface area contributed by atoms with E-state index in [1.807, 2.05) is 30.3 Å². The van der Waals surface area contributed by atoms with Gasteiger partial charge in [0.2, 0.25) is 0 Å². The Balaban J connectivity index is 1.73. The third-order valence-electron chi connectivity index (χ3n) is 3.08. The highest BCUT2D eigenvalue weighted by Crippen LogP contribution is 2.07. The predicted molar refractivity (Wildman–Crippen MR) is 77.2 cm³/mol. The Morgan fingerprint density at radius 2 is 2.00 bits per heavy atom. The number of hydrogen-bond donors (Lipinski definition) is 1. The predicted octanol–water partition coefficient (Wildman–Crippen LogP) is 1.79. The van der Waals surface area contributed by atoms with Crippen LogP contribution in [0.5, 0.6) is 0 Å². The molecule has 106 valence electrons. The third-order valence-corrected chi connectivity index (χ3v) is 3.08. The van der Waals surface area contributed by atoms with Crippen molar-refractivity contribution < 1.29 is 9.21 Å². The van der Waals surface area contributed by atoms with E-state index in [1.165, 1.54) is 6.20 Å². The van der Waals surface area contributed by atoms with E-state index < -0.39 is 11.8 Å². The number of nitrogens with zero attached hydrogens (tertiary/aromatic N) is 2. The van der Waals surface area contributed by atoms with Gasteiger partial charge in [0.25, 0.3) is 0 Å². The summed E-state index contributed by atoms with van der Waals surface area (Å²) >= 11 is 0. The molecule has 1 amide bonds. The fourth-order valence-corrected chi connectivity index (χ4v) is 2.07. The van der Waals surface area contributed by atoms with E-state index in [1.54, 1.807) is 12.1 Å². The average molecular weight is 283 g/mol. The fraction of sp³-hybridized carbons (Fsp3) is 0.133. The van der Waals surface area contributed by atoms with Crippen molar-refractivity contribution in [2.24, 2.45) is 0 Å². The lowest BCUT2D eigenvalue weighted by atomic mass is 10.1. The lowest BCUT2D eigenvalue weighted by Crippen LogP contribution is -2.35. The number of nitrogens with one attached hydrogen (secondary N) is 1. The van der Waals surface area contributed by atoms with Crippen molar-refractivity contribution in [1.29, 1.82) is 0 Å². The van der Waals surface area contributed by atoms with E-state index in [0.717, 1.165) is 10.1 Å². The Morgan fingerprint density at radius 3 is 2.81 bits per heavy atom. The van der Waals surface area contributed by atoms with Gasteiger partial charge in [-0.25, -0.2) is 14.6 Å². The van der Waals surface area contributed by atoms with Crippen molar-refractivity contribution in [2.45, 2.75) is 6.42 Å². The van der Waals surface area contributed by atoms with E-state index in [-0.39, 0.29) is 5.65 Å². The van der Waals surface area contributed by atoms with Crippen LogP contribution >= 0.6 is 0 Å². The summed E-state index contributed by atoms with van der Waals surface area (Å²) in [6, 6.07) is 12.5. The number of fused-ring (bicyclic) bond motifs is 1. The van der Waals surface area contributed by atoms with E-state index in [0.29, 0.717) is 18.5 Å². The molecule has 0 aliphatic carbocycles. The summed E-state index contributed by atoms with van der Waals surface area (Å²) in [6.45, 7) is 0.425. The minimum absolute atomic E-state index is 0.222. The highest BCUT2D eigenvalue weighted by molar-refractivity contribution is 5.85. The highest BCUT2D eigenvalue weighted by Gasteiger charge is 2.16. The summed E-state index contributed by atoms with van der Waals surface area (Å²) in [6.07, 6.45) is 2.19. The quantitative estimate of drug-likeness (QED) is 0.795. The van der Waals surface area contributed by atoms with Gasteiger partial charge in [0.05, 0.1) is 0 Å². The SMILES string of the molecule is O=C(NCCc1ccccc1)n1c(=O)oc2cccnc21. The molecule has 0 radical (unpaired) electrons. The summed E-state index contributed by atoms with van der Waals surface area (Å²) in [5.74, 6) is -0.735. The first-order valence-electron chi connectivity index (χ1n) is 6.54. The van der Waals surface area contributed by atoms with Gasteiger partial charge in [-0.3, -0.25) is 0 Å². The maximum Gasteiger partial charge on any atom is 0.429 e. The topological polar surface area (TPSA) is 77.1 Å². The van der Waals surface area contributed by atoms with Gasteiger partial charge in [0, 0.05) is 12.7 Å². The number of aromatic nitrogens is 2. The summed E-state index contributed by atoms with van der Waals surface area (Å²) < 4.78 is 5.87. The van der Waals surface area contributed by atoms with Crippen LogP contribution in [-0.4, -0.2) is 22.1 Å². The molecule has 1 aromatic carbocycles. The summed E-state index contributed by atoms with van der Waals surface area (Å²) in [7, 11) is 0. The molecule has 0 unspecified atom stereocenters. The first-order valence-corrected chi connectivity index (χ1v) is 6.54. The highest BCUT2D eigenvalue weighted by atomic mass is 16.4. The number of carbonyl (C=O) groups is 1. The lowest BCUT2D eigenvalue weighted by Gasteiger charge is -2.04. The van der Waals surface area contributed by atoms with Gasteiger partial charge in [0.15, 0.2) is 11.2 Å². The number of oxazole rings is 1. The van der Waals surface area contributed by atoms with Crippen molar-refractivity contribution in [3.8, 4) is 0 Å². The van der Waals surface area contributed by atoms with Gasteiger partial charge in [-0.1, -0.05) is 30.3 Å². The Kier molecular flexibility index (Phi) is 3.51. The molecule has 0 aliphatic rings. The van der Waals surface area contributed by atoms with Crippen molar-refractivity contribution in [1.82, 2.24) is 14.9 Å². The van der Waals surface area contributed by atoms with E-state index in [4.69, 9.17) is 4.42 Å². The largest absolute Gasteiger partial charge is 0.429 e. The number of benzene rings is 1. The van der Waals surface area contributed by atoms with Crippen LogP contribution in [-0.2, 0) is 6.42 Å². The Hall–Kier alpha value is -2.89. The van der Waals surface area contributed by atoms with Gasteiger partial charge in [-0.15, -0.1) is 0 Å². The molecule has 21 heavy (non-hydrogen) atoms. The average Bonchev–Trinajstić information content (AvgIpc) is 2.84. The maximum absolute atomic E-state index is 12.1. The van der Waals surface area contributed by atoms with Crippen molar-refractivity contribution in [2.75, 3.05) is 6.54 Å². The number of carbonyl (C=O) groups excluding carboxylic acids is 1. The summed E-state index contributed by atoms with van der Waals surface area (Å²) in [5, 5.41) is 2.69. The van der Waals surface area contributed by atoms with E-state index >= 15 is 0 Å². The van der Waals surface area contributed by atoms with Gasteiger partial charge in [0.1, 0.15) is 0 Å². The third kappa shape index (κ3) is 2.69. The normalized spacial score (nSPS) is 10.7. The van der Waals surface area contributed by atoms with Crippen LogP contribution in [0.15, 0.2) is 57.9 Å². The van der Waals surface area contributed by atoms with Crippen LogP contribution in [0.2, 0.25) is 0 Å². The number of rotatable bonds is 3. The monoisotopic (exact) mass is 283 g/mol. The minimum atomic E-state index is -0.735. The lowest BCUT2D eigenvalue weighted by molar-refractivity contribution is 0.241. The molecule has 0 atom stereocenters. The van der Waals surface area contributed by atoms with Crippen LogP contribution in [0.4, 0.5) is 4.79 Å². The molecule has 0 bridgehead atoms. The van der Waals surface area contributed by atoms with Crippen molar-refractivity contribution >= 4 is 17.3 Å². The molecule has 3 rings (SSSR count). The van der Waals surface area contributed by atoms with Crippen LogP contribution in [0.25, 0.3) is 11.2 Å². The molecule has 0 spiro atoms. The zero-order chi connectivity index (χ0) is 14.7. The first kappa shape index (κ1) is 13.1. The van der Waals surface area contributed by atoms with Crippen LogP contribution < -0.4 is 11.1 Å². The Morgan fingerprint density at radius 1 is 1.19 bits per heavy atom. The first-order chi connectivity index (χ1) is 10.3. The zero-order valence-corrected chi connectivity index (χ0v) is 11.2. The van der Waals surface area contributed by atoms with Crippen molar-refractivity contribution in [3.05, 3.63) is 64.8 Å². The molecule has 0 saturated heterocycles. The van der Waals surface area contributed by atoms with Gasteiger partial charge in [-0.2, -0.15) is 4.57 Å². The standard InChI is InChI=1S/C15H13N3O3/c19-14(17-10-8-11-5-2-1-3-6-11)18-13-12(21-15(18)20)7-4-9-16-13/h1-7,9H,8,10H2,(H,17,19). The van der Waals surface area contributed by atoms with E-state index in [9.17, 15) is 9.59 Å². The van der Waals surface area contributed by atoms with Crippen LogP contribution in [0, 0.1) is 0 Å². The molecule has 0 aliphatic heterocycles. The van der Waals surface area contributed by atoms with E-state index in [2.05, 4.69) is 10.3 Å². The van der Waals surface area contributed by atoms with Crippen LogP contribution in [0.3, 0.4) is 0 Å². The second-order valence-corrected chi connectivity index (χ2v) is 4.50. The second kappa shape index (κ2) is 5.62. The maximum atomic E-state index is 12.1. The molecule has 2 aromatic heterocycles. The van der Waals surface area contributed by atoms with Gasteiger partial charge in [-0.05, 0) is 24.1 Å². The molecular weight excluding hydrogens is 270 g/mol. The minimum Gasteiger partial charge on any atom is -0.406 e. The molecule has 3 aromatic rings. The molecule has 0 fully saturated rings. The molecule has 0 saturated carbocycles. The second-order valence-electron chi connectivity index (χ2n) is 4.50. The van der Waals surface area contributed by atoms with Gasteiger partial charge < -0.3 is 9.73 Å². The smallest absolute Gasteiger partial charge is 0.406 e.